The quantitative estimate of drug-likeness (QED) is 0.0306. The van der Waals surface area contributed by atoms with Crippen LogP contribution in [0.5, 0.6) is 17.2 Å². The average molecular weight is 1780 g/mol. The predicted octanol–water partition coefficient (Wildman–Crippen LogP) is 23.3. The molecule has 8 aliphatic rings. The number of aromatic hydroxyl groups is 1. The van der Waals surface area contributed by atoms with Gasteiger partial charge in [0.25, 0.3) is 22.3 Å². The van der Waals surface area contributed by atoms with Crippen molar-refractivity contribution in [3.05, 3.63) is 238 Å². The molecular weight excluding hydrogens is 1660 g/mol. The van der Waals surface area contributed by atoms with E-state index in [1.54, 1.807) is 32.4 Å². The van der Waals surface area contributed by atoms with Gasteiger partial charge in [0, 0.05) is 24.0 Å². The number of halogens is 2. The van der Waals surface area contributed by atoms with Crippen LogP contribution in [-0.2, 0) is 81.8 Å². The van der Waals surface area contributed by atoms with Gasteiger partial charge in [-0.25, -0.2) is 8.78 Å². The lowest BCUT2D eigenvalue weighted by Gasteiger charge is -2.42. The van der Waals surface area contributed by atoms with Crippen LogP contribution < -0.4 is 41.4 Å². The molecule has 16 rings (SSSR count). The third-order valence-electron chi connectivity index (χ3n) is 27.7. The van der Waals surface area contributed by atoms with Crippen molar-refractivity contribution >= 4 is 104 Å². The highest BCUT2D eigenvalue weighted by Crippen LogP contribution is 2.54. The number of fused-ring (bicyclic) bond motifs is 4. The van der Waals surface area contributed by atoms with E-state index in [1.807, 2.05) is 44.2 Å². The molecule has 0 radical (unpaired) electrons. The van der Waals surface area contributed by atoms with Crippen molar-refractivity contribution < 1.29 is 52.1 Å². The number of hydrogen-bond acceptors (Lipinski definition) is 13. The van der Waals surface area contributed by atoms with Gasteiger partial charge in [-0.2, -0.15) is 0 Å². The van der Waals surface area contributed by atoms with Crippen LogP contribution in [0.4, 0.5) is 18.4 Å². The molecule has 7 N–H and O–H groups in total. The van der Waals surface area contributed by atoms with Crippen molar-refractivity contribution in [3.8, 4) is 61.8 Å². The zero-order valence-electron chi connectivity index (χ0n) is 76.9. The molecule has 2 unspecified atom stereocenters. The second kappa shape index (κ2) is 35.2. The third kappa shape index (κ3) is 18.9. The first-order chi connectivity index (χ1) is 58.9. The number of allylic oxidation sites excluding steroid dienone is 1. The number of amides is 6. The van der Waals surface area contributed by atoms with E-state index in [0.717, 1.165) is 100 Å². The Labute approximate surface area is 761 Å². The van der Waals surface area contributed by atoms with E-state index in [-0.39, 0.29) is 111 Å². The predicted molar refractivity (Wildman–Crippen MR) is 517 cm³/mol. The van der Waals surface area contributed by atoms with E-state index in [9.17, 15) is 33.9 Å². The molecule has 4 aliphatic carbocycles. The zero-order chi connectivity index (χ0) is 91.9. The third-order valence-corrected chi connectivity index (χ3v) is 29.7. The van der Waals surface area contributed by atoms with Crippen LogP contribution in [0.3, 0.4) is 0 Å². The number of hydrogen-bond donors (Lipinski definition) is 7. The normalized spacial score (nSPS) is 20.8. The van der Waals surface area contributed by atoms with E-state index in [2.05, 4.69) is 224 Å². The maximum Gasteiger partial charge on any atom is 0.290 e. The molecule has 4 aliphatic heterocycles. The van der Waals surface area contributed by atoms with Gasteiger partial charge in [-0.05, 0) is 360 Å². The van der Waals surface area contributed by atoms with Gasteiger partial charge in [0.1, 0.15) is 41.0 Å². The monoisotopic (exact) mass is 1770 g/mol. The van der Waals surface area contributed by atoms with Gasteiger partial charge < -0.3 is 35.8 Å². The molecule has 662 valence electrons. The number of thioether (sulfide) groups is 2. The minimum atomic E-state index is -0.615. The molecule has 6 amide bonds. The number of imide groups is 2. The molecule has 15 nitrogen and oxygen atoms in total. The molecule has 8 aromatic rings. The highest BCUT2D eigenvalue weighted by atomic mass is 32.2. The van der Waals surface area contributed by atoms with Crippen LogP contribution in [0.15, 0.2) is 132 Å². The Hall–Kier alpha value is -10.1. The summed E-state index contributed by atoms with van der Waals surface area (Å²) in [5, 5.41) is 26.2. The van der Waals surface area contributed by atoms with Crippen molar-refractivity contribution in [1.82, 2.24) is 31.9 Å². The number of thiocarbonyl (C=S) groups is 2. The van der Waals surface area contributed by atoms with Gasteiger partial charge >= 0.3 is 0 Å². The SMILES string of the molecule is C=CCc1ccc(/C=C2\SC(=O)NC2=O)cc1-c1cc2c(cc1C)C(C)(C)CCC2(C)C.COc1ccc(CC2NC(=S)NC2=O)c(F)c1-c1cc2c(cc1C)C(C)(C)CCC2(C)C.COc1ccc(CC2NC(=S)NC2=O)cc1-c1cc2c(cc1C)C(C)(C)CCC2(C)C.Cc1cc2c(cc1-c1c(O)ccc(/C=C3\SC(=O)NC3=O)c1F)C(C)(C)CCC2(C)C. The number of benzene rings is 8. The number of ether oxygens (including phenoxy) is 2. The molecule has 0 spiro atoms. The number of carbonyl (C=O) groups excluding carboxylic acids is 6. The lowest BCUT2D eigenvalue weighted by Crippen LogP contribution is -2.34. The first-order valence-electron chi connectivity index (χ1n) is 43.5. The van der Waals surface area contributed by atoms with E-state index in [0.29, 0.717) is 38.9 Å². The summed E-state index contributed by atoms with van der Waals surface area (Å²) in [5.41, 5.74) is 26.4. The number of nitrogens with one attached hydrogen (secondary N) is 6. The summed E-state index contributed by atoms with van der Waals surface area (Å²) in [7, 11) is 3.27. The smallest absolute Gasteiger partial charge is 0.290 e. The Bertz CT molecular complexity index is 5960. The van der Waals surface area contributed by atoms with E-state index in [1.165, 1.54) is 116 Å². The lowest BCUT2D eigenvalue weighted by atomic mass is 9.62. The number of phenols is 1. The van der Waals surface area contributed by atoms with Crippen LogP contribution in [0, 0.1) is 39.3 Å². The summed E-state index contributed by atoms with van der Waals surface area (Å²) < 4.78 is 42.9. The number of aryl methyl sites for hydroxylation is 4. The number of rotatable bonds is 14. The van der Waals surface area contributed by atoms with E-state index < -0.39 is 23.0 Å². The first kappa shape index (κ1) is 93.6. The molecule has 0 bridgehead atoms. The van der Waals surface area contributed by atoms with Gasteiger partial charge in [-0.1, -0.05) is 171 Å². The fourth-order valence-corrected chi connectivity index (χ4v) is 21.1. The van der Waals surface area contributed by atoms with Crippen LogP contribution in [-0.4, -0.2) is 75.7 Å². The summed E-state index contributed by atoms with van der Waals surface area (Å²) >= 11 is 11.8. The van der Waals surface area contributed by atoms with Gasteiger partial charge in [-0.15, -0.1) is 6.58 Å². The second-order valence-electron chi connectivity index (χ2n) is 40.5. The average Bonchev–Trinajstić information content (AvgIpc) is 0.910. The summed E-state index contributed by atoms with van der Waals surface area (Å²) in [6.07, 6.45) is 15.7. The van der Waals surface area contributed by atoms with Crippen LogP contribution in [0.25, 0.3) is 56.7 Å². The maximum absolute atomic E-state index is 16.0. The minimum absolute atomic E-state index is 0.0101. The Morgan fingerprint density at radius 1 is 0.421 bits per heavy atom. The van der Waals surface area contributed by atoms with Crippen LogP contribution in [0.2, 0.25) is 0 Å². The fourth-order valence-electron chi connectivity index (χ4n) is 19.3. The second-order valence-corrected chi connectivity index (χ2v) is 43.3. The molecule has 4 heterocycles. The highest BCUT2D eigenvalue weighted by molar-refractivity contribution is 8.18. The van der Waals surface area contributed by atoms with Crippen LogP contribution in [0.1, 0.15) is 257 Å². The van der Waals surface area contributed by atoms with E-state index in [4.69, 9.17) is 33.9 Å². The van der Waals surface area contributed by atoms with Crippen molar-refractivity contribution in [1.29, 1.82) is 0 Å². The lowest BCUT2D eigenvalue weighted by molar-refractivity contribution is -0.120. The number of methoxy groups -OCH3 is 2. The van der Waals surface area contributed by atoms with Crippen molar-refractivity contribution in [3.63, 3.8) is 0 Å². The summed E-state index contributed by atoms with van der Waals surface area (Å²) in [6.45, 7) is 49.0. The Balaban J connectivity index is 0.000000144. The van der Waals surface area contributed by atoms with Crippen molar-refractivity contribution in [2.45, 2.75) is 265 Å². The Kier molecular flexibility index (Phi) is 26.1. The highest BCUT2D eigenvalue weighted by Gasteiger charge is 2.44. The molecule has 0 saturated carbocycles. The largest absolute Gasteiger partial charge is 0.507 e. The zero-order valence-corrected chi connectivity index (χ0v) is 80.1. The number of phenolic OH excluding ortho intramolecular Hbond substituents is 1. The number of carbonyl (C=O) groups is 6. The minimum Gasteiger partial charge on any atom is -0.507 e. The molecule has 4 saturated heterocycles. The Morgan fingerprint density at radius 3 is 1.19 bits per heavy atom. The molecule has 126 heavy (non-hydrogen) atoms. The molecule has 21 heteroatoms. The summed E-state index contributed by atoms with van der Waals surface area (Å²) in [4.78, 5) is 71.7. The molecule has 2 atom stereocenters. The van der Waals surface area contributed by atoms with Crippen LogP contribution >= 0.6 is 48.0 Å². The van der Waals surface area contributed by atoms with Gasteiger partial charge in [0.15, 0.2) is 10.2 Å². The molecular formula is C105H120F2N6O9S4. The first-order valence-corrected chi connectivity index (χ1v) is 46.0. The van der Waals surface area contributed by atoms with Gasteiger partial charge in [0.05, 0.1) is 35.2 Å². The molecule has 8 aromatic carbocycles. The topological polar surface area (TPSA) is 213 Å². The standard InChI is InChI=1S/C28H31NO2S.C26H31FN2O2S.C26H32N2O2S.C25H26FNO3S/c1-7-8-19-10-9-18(15-24-25(30)29-26(31)32-24)14-21(19)20-16-23-22(13-17(20)2)27(3,4)11-12-28(23,5)6;1-14-11-17-18(26(4,5)10-9-25(17,2)3)13-16(14)21-20(31-6)8-7-15(22(21)27)12-19-23(30)29-24(32)28-19;1-15-11-19-20(26(4,5)10-9-25(19,2)3)14-17(15)18-12-16(7-8-22(18)30-6)13-21-23(29)28-24(31)27-21;1-13-10-16-17(25(4,5)9-8-24(16,2)3)12-15(13)20-18(28)7-6-14(21(20)26)11-19-22(29)27-23(30)31-19/h7,9-10,13-16H,1,8,11-12H2,2-6H3,(H,29,30,31);7-8,11,13,19H,9-10,12H2,1-6H3,(H2,28,29,30,32);7-8,11-12,14,21H,9-10,13H2,1-6H3,(H2,27,28,29,31);6-7,10-12,28H,8-9H2,1-5H3,(H,27,29,30)/b24-15-;;;19-11-. The van der Waals surface area contributed by atoms with Crippen molar-refractivity contribution in [2.24, 2.45) is 0 Å². The summed E-state index contributed by atoms with van der Waals surface area (Å²) in [6, 6.07) is 35.9. The van der Waals surface area contributed by atoms with Gasteiger partial charge in [0.2, 0.25) is 11.8 Å². The molecule has 0 aromatic heterocycles. The Morgan fingerprint density at radius 2 is 0.794 bits per heavy atom. The van der Waals surface area contributed by atoms with Crippen molar-refractivity contribution in [2.75, 3.05) is 14.2 Å². The maximum atomic E-state index is 16.0. The summed E-state index contributed by atoms with van der Waals surface area (Å²) in [5.74, 6) is -0.972. The van der Waals surface area contributed by atoms with E-state index >= 15 is 8.78 Å². The molecule has 4 fully saturated rings. The fraction of sp³-hybridized carbons (Fsp3) is 0.410. The van der Waals surface area contributed by atoms with Gasteiger partial charge in [-0.3, -0.25) is 39.4 Å².